The van der Waals surface area contributed by atoms with Gasteiger partial charge < -0.3 is 35.5 Å². The quantitative estimate of drug-likeness (QED) is 0.287. The zero-order valence-electron chi connectivity index (χ0n) is 18.0. The Morgan fingerprint density at radius 3 is 2.58 bits per heavy atom. The number of carboxylic acids is 1. The molecule has 4 atom stereocenters. The molecule has 180 valence electrons. The first-order valence-electron chi connectivity index (χ1n) is 10.6. The number of anilines is 2. The molecule has 3 aliphatic heterocycles. The van der Waals surface area contributed by atoms with Gasteiger partial charge in [0.2, 0.25) is 11.8 Å². The van der Waals surface area contributed by atoms with Crippen molar-refractivity contribution < 1.29 is 34.8 Å². The van der Waals surface area contributed by atoms with Crippen molar-refractivity contribution in [3.05, 3.63) is 16.0 Å². The molecule has 2 amide bonds. The van der Waals surface area contributed by atoms with Gasteiger partial charge in [-0.2, -0.15) is 0 Å². The van der Waals surface area contributed by atoms with Crippen molar-refractivity contribution in [2.24, 2.45) is 17.8 Å². The minimum Gasteiger partial charge on any atom is -0.477 e. The largest absolute Gasteiger partial charge is 0.477 e. The van der Waals surface area contributed by atoms with Crippen molar-refractivity contribution in [3.8, 4) is 0 Å². The number of rotatable bonds is 9. The minimum atomic E-state index is -1.13. The Hall–Kier alpha value is -2.19. The van der Waals surface area contributed by atoms with Gasteiger partial charge >= 0.3 is 5.97 Å². The summed E-state index contributed by atoms with van der Waals surface area (Å²) in [6.45, 7) is 3.79. The van der Waals surface area contributed by atoms with E-state index in [9.17, 15) is 24.6 Å². The Kier molecular flexibility index (Phi) is 6.69. The predicted molar refractivity (Wildman–Crippen MR) is 122 cm³/mol. The molecule has 13 heteroatoms. The summed E-state index contributed by atoms with van der Waals surface area (Å²) in [5, 5.41) is 43.0. The molecule has 33 heavy (non-hydrogen) atoms. The molecule has 0 aliphatic carbocycles. The van der Waals surface area contributed by atoms with E-state index in [2.05, 4.69) is 10.3 Å². The summed E-state index contributed by atoms with van der Waals surface area (Å²) in [5.74, 6) is -3.29. The number of β-lactam (4-membered cyclic amide) rings is 1. The van der Waals surface area contributed by atoms with Crippen LogP contribution in [-0.2, 0) is 14.4 Å². The fourth-order valence-corrected chi connectivity index (χ4v) is 6.74. The molecule has 2 saturated heterocycles. The van der Waals surface area contributed by atoms with E-state index in [0.717, 1.165) is 0 Å². The number of aliphatic hydroxyl groups excluding tert-OH is 3. The number of aromatic nitrogens is 1. The summed E-state index contributed by atoms with van der Waals surface area (Å²) >= 11 is 2.81. The number of thiazole rings is 1. The molecule has 0 aromatic carbocycles. The monoisotopic (exact) mass is 498 g/mol. The molecule has 11 nitrogen and oxygen atoms in total. The summed E-state index contributed by atoms with van der Waals surface area (Å²) in [6.07, 6.45) is -0.829. The second-order valence-corrected chi connectivity index (χ2v) is 10.7. The lowest BCUT2D eigenvalue weighted by atomic mass is 9.79. The van der Waals surface area contributed by atoms with Gasteiger partial charge in [-0.3, -0.25) is 9.59 Å². The van der Waals surface area contributed by atoms with Crippen molar-refractivity contribution in [1.29, 1.82) is 0 Å². The lowest BCUT2D eigenvalue weighted by Crippen LogP contribution is -2.63. The van der Waals surface area contributed by atoms with Gasteiger partial charge in [0.25, 0.3) is 0 Å². The van der Waals surface area contributed by atoms with Gasteiger partial charge in [-0.25, -0.2) is 9.78 Å². The van der Waals surface area contributed by atoms with Crippen LogP contribution in [0.15, 0.2) is 16.0 Å². The topological polar surface area (TPSA) is 164 Å². The molecule has 5 N–H and O–H groups in total. The molecule has 0 bridgehead atoms. The first-order chi connectivity index (χ1) is 15.7. The number of aliphatic carboxylic acids is 1. The van der Waals surface area contributed by atoms with Crippen LogP contribution in [0.25, 0.3) is 0 Å². The number of hydrogen-bond donors (Lipinski definition) is 5. The molecular formula is C20H26N4O7S2. The highest BCUT2D eigenvalue weighted by Crippen LogP contribution is 2.52. The van der Waals surface area contributed by atoms with E-state index in [1.165, 1.54) is 28.0 Å². The molecule has 2 fully saturated rings. The van der Waals surface area contributed by atoms with E-state index in [1.807, 2.05) is 11.8 Å². The van der Waals surface area contributed by atoms with Gasteiger partial charge in [-0.1, -0.05) is 6.92 Å². The van der Waals surface area contributed by atoms with Crippen LogP contribution in [0, 0.1) is 17.8 Å². The second kappa shape index (κ2) is 9.22. The molecule has 0 saturated carbocycles. The lowest BCUT2D eigenvalue weighted by molar-refractivity contribution is -0.163. The first kappa shape index (κ1) is 24.0. The average molecular weight is 499 g/mol. The van der Waals surface area contributed by atoms with Crippen LogP contribution in [0.2, 0.25) is 0 Å². The fourth-order valence-electron chi connectivity index (χ4n) is 4.45. The maximum atomic E-state index is 12.4. The van der Waals surface area contributed by atoms with Crippen LogP contribution >= 0.6 is 23.1 Å². The third-order valence-corrected chi connectivity index (χ3v) is 8.63. The van der Waals surface area contributed by atoms with Crippen molar-refractivity contribution in [2.45, 2.75) is 31.2 Å². The third-order valence-electron chi connectivity index (χ3n) is 6.28. The summed E-state index contributed by atoms with van der Waals surface area (Å²) in [5.41, 5.74) is 0.0272. The van der Waals surface area contributed by atoms with Gasteiger partial charge in [0, 0.05) is 34.5 Å². The number of amides is 2. The Balaban J connectivity index is 1.38. The Bertz CT molecular complexity index is 987. The van der Waals surface area contributed by atoms with E-state index in [0.29, 0.717) is 28.9 Å². The molecule has 3 aliphatic rings. The number of hydrogen-bond acceptors (Lipinski definition) is 10. The molecule has 4 heterocycles. The van der Waals surface area contributed by atoms with Crippen molar-refractivity contribution in [1.82, 2.24) is 9.88 Å². The fraction of sp³-hybridized carbons (Fsp3) is 0.600. The molecule has 0 spiro atoms. The minimum absolute atomic E-state index is 0.0272. The number of carboxylic acid groups (broad SMARTS) is 1. The third kappa shape index (κ3) is 4.12. The van der Waals surface area contributed by atoms with Gasteiger partial charge in [0.15, 0.2) is 5.13 Å². The zero-order chi connectivity index (χ0) is 24.0. The maximum Gasteiger partial charge on any atom is 0.353 e. The van der Waals surface area contributed by atoms with Crippen molar-refractivity contribution in [3.63, 3.8) is 0 Å². The van der Waals surface area contributed by atoms with Crippen LogP contribution < -0.4 is 10.2 Å². The Labute approximate surface area is 198 Å². The summed E-state index contributed by atoms with van der Waals surface area (Å²) in [4.78, 5) is 44.7. The van der Waals surface area contributed by atoms with E-state index in [4.69, 9.17) is 10.2 Å². The Morgan fingerprint density at radius 1 is 1.33 bits per heavy atom. The van der Waals surface area contributed by atoms with Gasteiger partial charge in [-0.15, -0.1) is 23.1 Å². The highest BCUT2D eigenvalue weighted by molar-refractivity contribution is 8.03. The van der Waals surface area contributed by atoms with Crippen molar-refractivity contribution >= 4 is 51.8 Å². The maximum absolute atomic E-state index is 12.4. The molecule has 0 unspecified atom stereocenters. The smallest absolute Gasteiger partial charge is 0.353 e. The molecule has 1 aromatic heterocycles. The lowest BCUT2D eigenvalue weighted by Gasteiger charge is -2.46. The average Bonchev–Trinajstić information content (AvgIpc) is 3.26. The van der Waals surface area contributed by atoms with Crippen LogP contribution in [0.3, 0.4) is 0 Å². The number of nitrogens with zero attached hydrogens (tertiary/aromatic N) is 3. The molecule has 0 radical (unpaired) electrons. The van der Waals surface area contributed by atoms with E-state index in [-0.39, 0.29) is 28.8 Å². The standard InChI is InChI=1S/C20H26N4O7S2/c1-8-14-13(9(2)27)18(29)24(14)15(19(30)31)16(8)33-11-3-23(4-11)20-22-12(7-32-20)21-17(28)10(5-25)6-26/h7-11,13-14,25-27H,3-6H2,1-2H3,(H,21,28)(H,30,31)/t8-,9-,13-,14-/m1/s1. The molecule has 1 aromatic rings. The number of carbonyl (C=O) groups excluding carboxylic acids is 2. The highest BCUT2D eigenvalue weighted by atomic mass is 32.2. The first-order valence-corrected chi connectivity index (χ1v) is 12.3. The van der Waals surface area contributed by atoms with Crippen LogP contribution in [0.5, 0.6) is 0 Å². The normalized spacial score (nSPS) is 25.8. The van der Waals surface area contributed by atoms with E-state index >= 15 is 0 Å². The Morgan fingerprint density at radius 2 is 2.00 bits per heavy atom. The van der Waals surface area contributed by atoms with E-state index < -0.39 is 43.0 Å². The summed E-state index contributed by atoms with van der Waals surface area (Å²) < 4.78 is 0. The van der Waals surface area contributed by atoms with Crippen LogP contribution in [0.4, 0.5) is 10.9 Å². The highest BCUT2D eigenvalue weighted by Gasteiger charge is 2.60. The van der Waals surface area contributed by atoms with Gasteiger partial charge in [0.1, 0.15) is 11.5 Å². The molecular weight excluding hydrogens is 472 g/mol. The zero-order valence-corrected chi connectivity index (χ0v) is 19.7. The van der Waals surface area contributed by atoms with Crippen LogP contribution in [-0.4, -0.2) is 91.8 Å². The van der Waals surface area contributed by atoms with Gasteiger partial charge in [0.05, 0.1) is 37.2 Å². The number of nitrogens with one attached hydrogen (secondary N) is 1. The van der Waals surface area contributed by atoms with Gasteiger partial charge in [-0.05, 0) is 6.92 Å². The molecule has 4 rings (SSSR count). The number of carbonyl (C=O) groups is 3. The predicted octanol–water partition coefficient (Wildman–Crippen LogP) is -0.242. The summed E-state index contributed by atoms with van der Waals surface area (Å²) in [6, 6.07) is -0.325. The number of aliphatic hydroxyl groups is 3. The SMILES string of the molecule is C[C@@H](O)[C@H]1C(=O)N2C(C(=O)O)=C(SC3CN(c4nc(NC(=O)C(CO)CO)cs4)C3)[C@H](C)[C@H]12. The number of fused-ring (bicyclic) bond motifs is 1. The summed E-state index contributed by atoms with van der Waals surface area (Å²) in [7, 11) is 0. The van der Waals surface area contributed by atoms with E-state index in [1.54, 1.807) is 12.3 Å². The number of thioether (sulfide) groups is 1. The second-order valence-electron chi connectivity index (χ2n) is 8.48. The van der Waals surface area contributed by atoms with Crippen LogP contribution in [0.1, 0.15) is 13.8 Å². The van der Waals surface area contributed by atoms with Crippen molar-refractivity contribution in [2.75, 3.05) is 36.5 Å².